The van der Waals surface area contributed by atoms with E-state index in [0.717, 1.165) is 25.5 Å². The Hall–Kier alpha value is -1.69. The summed E-state index contributed by atoms with van der Waals surface area (Å²) in [5, 5.41) is 10.8. The van der Waals surface area contributed by atoms with Crippen molar-refractivity contribution in [2.45, 2.75) is 25.8 Å². The smallest absolute Gasteiger partial charge is 0.274 e. The number of anilines is 1. The van der Waals surface area contributed by atoms with Gasteiger partial charge in [0.05, 0.1) is 11.0 Å². The number of halogens is 1. The molecule has 5 nitrogen and oxygen atoms in total. The zero-order valence-electron chi connectivity index (χ0n) is 10.9. The lowest BCUT2D eigenvalue weighted by Gasteiger charge is -2.39. The molecule has 19 heavy (non-hydrogen) atoms. The van der Waals surface area contributed by atoms with Crippen LogP contribution in [0.15, 0.2) is 18.2 Å². The minimum absolute atomic E-state index is 0.211. The van der Waals surface area contributed by atoms with Crippen LogP contribution in [-0.2, 0) is 0 Å². The number of nitrogens with two attached hydrogens (primary N) is 1. The Bertz CT molecular complexity index is 481. The molecule has 1 aliphatic heterocycles. The second-order valence-electron chi connectivity index (χ2n) is 5.11. The van der Waals surface area contributed by atoms with Gasteiger partial charge in [-0.3, -0.25) is 10.1 Å². The summed E-state index contributed by atoms with van der Waals surface area (Å²) < 4.78 is 13.5. The molecule has 1 aromatic rings. The van der Waals surface area contributed by atoms with Gasteiger partial charge in [0.25, 0.3) is 5.69 Å². The number of nitrogens with zero attached hydrogens (tertiary/aromatic N) is 2. The fourth-order valence-corrected chi connectivity index (χ4v) is 2.56. The van der Waals surface area contributed by atoms with Crippen molar-refractivity contribution in [3.63, 3.8) is 0 Å². The predicted molar refractivity (Wildman–Crippen MR) is 71.6 cm³/mol. The van der Waals surface area contributed by atoms with E-state index in [1.165, 1.54) is 12.1 Å². The summed E-state index contributed by atoms with van der Waals surface area (Å²) in [7, 11) is 0. The third-order valence-electron chi connectivity index (χ3n) is 3.72. The number of nitro benzene ring substituents is 1. The highest BCUT2D eigenvalue weighted by molar-refractivity contribution is 5.54. The molecule has 0 aliphatic carbocycles. The number of benzene rings is 1. The Labute approximate surface area is 111 Å². The molecule has 0 saturated carbocycles. The van der Waals surface area contributed by atoms with Gasteiger partial charge in [-0.1, -0.05) is 0 Å². The van der Waals surface area contributed by atoms with E-state index < -0.39 is 10.7 Å². The molecular weight excluding hydrogens is 249 g/mol. The molecule has 1 aromatic carbocycles. The van der Waals surface area contributed by atoms with Crippen LogP contribution in [0.5, 0.6) is 0 Å². The van der Waals surface area contributed by atoms with Crippen molar-refractivity contribution in [2.24, 2.45) is 11.7 Å². The van der Waals surface area contributed by atoms with Crippen LogP contribution in [0.1, 0.15) is 19.8 Å². The lowest BCUT2D eigenvalue weighted by atomic mass is 9.93. The first-order valence-corrected chi connectivity index (χ1v) is 6.43. The maximum atomic E-state index is 13.5. The van der Waals surface area contributed by atoms with E-state index in [-0.39, 0.29) is 11.7 Å². The SMILES string of the molecule is CC1CCC(CN)CN1c1cc(F)cc([N+](=O)[O-])c1. The van der Waals surface area contributed by atoms with Gasteiger partial charge in [-0.2, -0.15) is 0 Å². The Morgan fingerprint density at radius 3 is 2.84 bits per heavy atom. The van der Waals surface area contributed by atoms with Crippen molar-refractivity contribution < 1.29 is 9.31 Å². The molecule has 2 unspecified atom stereocenters. The third kappa shape index (κ3) is 3.01. The van der Waals surface area contributed by atoms with Gasteiger partial charge >= 0.3 is 0 Å². The Morgan fingerprint density at radius 2 is 2.21 bits per heavy atom. The maximum absolute atomic E-state index is 13.5. The van der Waals surface area contributed by atoms with Crippen molar-refractivity contribution in [3.8, 4) is 0 Å². The van der Waals surface area contributed by atoms with E-state index in [4.69, 9.17) is 5.73 Å². The van der Waals surface area contributed by atoms with Crippen molar-refractivity contribution in [3.05, 3.63) is 34.1 Å². The van der Waals surface area contributed by atoms with Crippen molar-refractivity contribution >= 4 is 11.4 Å². The molecule has 6 heteroatoms. The Kier molecular flexibility index (Phi) is 3.99. The average molecular weight is 267 g/mol. The fraction of sp³-hybridized carbons (Fsp3) is 0.538. The number of nitro groups is 1. The monoisotopic (exact) mass is 267 g/mol. The summed E-state index contributed by atoms with van der Waals surface area (Å²) in [6.45, 7) is 3.35. The van der Waals surface area contributed by atoms with Gasteiger partial charge in [0.1, 0.15) is 5.82 Å². The average Bonchev–Trinajstić information content (AvgIpc) is 2.38. The Morgan fingerprint density at radius 1 is 1.47 bits per heavy atom. The van der Waals surface area contributed by atoms with Crippen molar-refractivity contribution in [1.82, 2.24) is 0 Å². The van der Waals surface area contributed by atoms with E-state index in [1.807, 2.05) is 11.8 Å². The first-order valence-electron chi connectivity index (χ1n) is 6.43. The van der Waals surface area contributed by atoms with Gasteiger partial charge in [0, 0.05) is 24.3 Å². The highest BCUT2D eigenvalue weighted by Crippen LogP contribution is 2.30. The molecule has 1 fully saturated rings. The number of piperidine rings is 1. The number of rotatable bonds is 3. The summed E-state index contributed by atoms with van der Waals surface area (Å²) in [4.78, 5) is 12.2. The lowest BCUT2D eigenvalue weighted by Crippen LogP contribution is -2.44. The van der Waals surface area contributed by atoms with Gasteiger partial charge in [-0.15, -0.1) is 0 Å². The number of hydrogen-bond donors (Lipinski definition) is 1. The normalized spacial score (nSPS) is 23.4. The molecule has 104 valence electrons. The van der Waals surface area contributed by atoms with Crippen molar-refractivity contribution in [2.75, 3.05) is 18.0 Å². The summed E-state index contributed by atoms with van der Waals surface area (Å²) in [5.74, 6) is -0.218. The summed E-state index contributed by atoms with van der Waals surface area (Å²) in [6, 6.07) is 3.96. The highest BCUT2D eigenvalue weighted by Gasteiger charge is 2.26. The van der Waals surface area contributed by atoms with E-state index in [2.05, 4.69) is 0 Å². The van der Waals surface area contributed by atoms with Crippen LogP contribution >= 0.6 is 0 Å². The maximum Gasteiger partial charge on any atom is 0.274 e. The molecular formula is C13H18FN3O2. The van der Waals surface area contributed by atoms with E-state index in [0.29, 0.717) is 18.2 Å². The summed E-state index contributed by atoms with van der Waals surface area (Å²) >= 11 is 0. The highest BCUT2D eigenvalue weighted by atomic mass is 19.1. The van der Waals surface area contributed by atoms with Gasteiger partial charge < -0.3 is 10.6 Å². The first kappa shape index (κ1) is 13.7. The molecule has 1 aliphatic rings. The van der Waals surface area contributed by atoms with E-state index >= 15 is 0 Å². The zero-order valence-corrected chi connectivity index (χ0v) is 10.9. The number of hydrogen-bond acceptors (Lipinski definition) is 4. The summed E-state index contributed by atoms with van der Waals surface area (Å²) in [5.41, 5.74) is 6.04. The first-order chi connectivity index (χ1) is 9.01. The minimum Gasteiger partial charge on any atom is -0.368 e. The van der Waals surface area contributed by atoms with Crippen LogP contribution in [-0.4, -0.2) is 24.1 Å². The largest absolute Gasteiger partial charge is 0.368 e. The summed E-state index contributed by atoms with van der Waals surface area (Å²) in [6.07, 6.45) is 2.01. The van der Waals surface area contributed by atoms with E-state index in [1.54, 1.807) is 0 Å². The van der Waals surface area contributed by atoms with Gasteiger partial charge in [0.2, 0.25) is 0 Å². The molecule has 0 aromatic heterocycles. The van der Waals surface area contributed by atoms with Crippen LogP contribution in [0.4, 0.5) is 15.8 Å². The van der Waals surface area contributed by atoms with Gasteiger partial charge in [0.15, 0.2) is 0 Å². The molecule has 0 spiro atoms. The molecule has 2 atom stereocenters. The fourth-order valence-electron chi connectivity index (χ4n) is 2.56. The second-order valence-corrected chi connectivity index (χ2v) is 5.11. The minimum atomic E-state index is -0.578. The number of non-ortho nitro benzene ring substituents is 1. The van der Waals surface area contributed by atoms with Crippen LogP contribution in [0.2, 0.25) is 0 Å². The molecule has 2 rings (SSSR count). The zero-order chi connectivity index (χ0) is 14.0. The lowest BCUT2D eigenvalue weighted by molar-refractivity contribution is -0.385. The molecule has 0 amide bonds. The van der Waals surface area contributed by atoms with Crippen LogP contribution < -0.4 is 10.6 Å². The van der Waals surface area contributed by atoms with Crippen molar-refractivity contribution in [1.29, 1.82) is 0 Å². The molecule has 0 radical (unpaired) electrons. The van der Waals surface area contributed by atoms with Crippen LogP contribution in [0.3, 0.4) is 0 Å². The van der Waals surface area contributed by atoms with Gasteiger partial charge in [-0.05, 0) is 38.3 Å². The van der Waals surface area contributed by atoms with Gasteiger partial charge in [-0.25, -0.2) is 4.39 Å². The standard InChI is InChI=1S/C13H18FN3O2/c1-9-2-3-10(7-15)8-16(9)12-4-11(14)5-13(6-12)17(18)19/h4-6,9-10H,2-3,7-8,15H2,1H3. The predicted octanol–water partition coefficient (Wildman–Crippen LogP) is 2.30. The van der Waals surface area contributed by atoms with Crippen LogP contribution in [0.25, 0.3) is 0 Å². The second kappa shape index (κ2) is 5.52. The van der Waals surface area contributed by atoms with E-state index in [9.17, 15) is 14.5 Å². The van der Waals surface area contributed by atoms with Crippen LogP contribution in [0, 0.1) is 21.8 Å². The topological polar surface area (TPSA) is 72.4 Å². The molecule has 0 bridgehead atoms. The molecule has 1 saturated heterocycles. The quantitative estimate of drug-likeness (QED) is 0.673. The molecule has 1 heterocycles. The third-order valence-corrected chi connectivity index (χ3v) is 3.72. The molecule has 2 N–H and O–H groups in total. The Balaban J connectivity index is 2.31.